The van der Waals surface area contributed by atoms with E-state index < -0.39 is 11.6 Å². The summed E-state index contributed by atoms with van der Waals surface area (Å²) in [6.45, 7) is 0. The molecule has 13 heteroatoms. The van der Waals surface area contributed by atoms with Crippen molar-refractivity contribution in [3.63, 3.8) is 0 Å². The fourth-order valence-electron chi connectivity index (χ4n) is 4.25. The molecule has 2 heterocycles. The standard InChI is InChI=1S/C15H8ClFN2O2.C9H8O2.C6HCl2FN2/c16-14-8(7-18)6-11(17)15(19-14)21-13-3-1-2-9-10(13)4-5-12(9)20;10-8-3-1-2-6-7(8)4-5-9(6)11;7-5-3(2-10)1-4(9)6(8)11-5/h1-3,6H,4-5H2;1-3,10H,4-5H2;1H. The van der Waals surface area contributed by atoms with Crippen molar-refractivity contribution in [3.05, 3.63) is 109 Å². The minimum Gasteiger partial charge on any atom is -0.508 e. The summed E-state index contributed by atoms with van der Waals surface area (Å²) in [5.41, 5.74) is 2.77. The average Bonchev–Trinajstić information content (AvgIpc) is 3.57. The normalized spacial score (nSPS) is 12.5. The van der Waals surface area contributed by atoms with Gasteiger partial charge in [-0.15, -0.1) is 0 Å². The van der Waals surface area contributed by atoms with E-state index in [2.05, 4.69) is 9.97 Å². The van der Waals surface area contributed by atoms with Crippen molar-refractivity contribution >= 4 is 46.4 Å². The lowest BCUT2D eigenvalue weighted by Crippen LogP contribution is -1.98. The Labute approximate surface area is 258 Å². The molecule has 0 spiro atoms. The Morgan fingerprint density at radius 1 is 0.744 bits per heavy atom. The predicted octanol–water partition coefficient (Wildman–Crippen LogP) is 7.59. The Morgan fingerprint density at radius 2 is 1.28 bits per heavy atom. The number of pyridine rings is 2. The number of ketones is 2. The van der Waals surface area contributed by atoms with Crippen LogP contribution in [0.1, 0.15) is 55.8 Å². The third-order valence-electron chi connectivity index (χ3n) is 6.32. The maximum Gasteiger partial charge on any atom is 0.257 e. The number of aromatic nitrogens is 2. The number of rotatable bonds is 2. The van der Waals surface area contributed by atoms with Crippen LogP contribution in [0.25, 0.3) is 0 Å². The van der Waals surface area contributed by atoms with E-state index in [4.69, 9.17) is 50.1 Å². The van der Waals surface area contributed by atoms with Gasteiger partial charge in [-0.3, -0.25) is 9.59 Å². The molecule has 0 saturated carbocycles. The number of halogens is 5. The highest BCUT2D eigenvalue weighted by molar-refractivity contribution is 6.33. The van der Waals surface area contributed by atoms with E-state index in [1.807, 2.05) is 0 Å². The van der Waals surface area contributed by atoms with Crippen molar-refractivity contribution in [1.29, 1.82) is 10.5 Å². The Hall–Kier alpha value is -4.61. The molecule has 6 rings (SSSR count). The van der Waals surface area contributed by atoms with E-state index in [9.17, 15) is 23.5 Å². The molecule has 0 atom stereocenters. The fraction of sp³-hybridized carbons (Fsp3) is 0.133. The first kappa shape index (κ1) is 31.3. The molecule has 0 unspecified atom stereocenters. The van der Waals surface area contributed by atoms with Gasteiger partial charge >= 0.3 is 0 Å². The Morgan fingerprint density at radius 3 is 1.88 bits per heavy atom. The van der Waals surface area contributed by atoms with E-state index in [-0.39, 0.29) is 49.8 Å². The van der Waals surface area contributed by atoms with E-state index in [0.29, 0.717) is 42.6 Å². The van der Waals surface area contributed by atoms with Crippen molar-refractivity contribution in [3.8, 4) is 29.5 Å². The highest BCUT2D eigenvalue weighted by atomic mass is 35.5. The van der Waals surface area contributed by atoms with Crippen LogP contribution in [0.15, 0.2) is 48.5 Å². The first-order chi connectivity index (χ1) is 20.5. The first-order valence-corrected chi connectivity index (χ1v) is 13.5. The minimum absolute atomic E-state index is 0.0198. The summed E-state index contributed by atoms with van der Waals surface area (Å²) in [6.07, 6.45) is 2.21. The van der Waals surface area contributed by atoms with E-state index in [1.54, 1.807) is 48.5 Å². The number of Topliss-reactive ketones (excluding diaryl/α,β-unsaturated/α-hetero) is 2. The molecule has 2 aliphatic rings. The molecule has 2 aromatic carbocycles. The largest absolute Gasteiger partial charge is 0.508 e. The zero-order valence-electron chi connectivity index (χ0n) is 21.8. The van der Waals surface area contributed by atoms with Gasteiger partial charge in [0, 0.05) is 41.2 Å². The number of nitriles is 2. The summed E-state index contributed by atoms with van der Waals surface area (Å²) in [7, 11) is 0. The van der Waals surface area contributed by atoms with Gasteiger partial charge in [0.1, 0.15) is 28.8 Å². The summed E-state index contributed by atoms with van der Waals surface area (Å²) >= 11 is 16.5. The van der Waals surface area contributed by atoms with Crippen molar-refractivity contribution in [2.75, 3.05) is 0 Å². The van der Waals surface area contributed by atoms with Crippen molar-refractivity contribution in [2.24, 2.45) is 0 Å². The van der Waals surface area contributed by atoms with Gasteiger partial charge in [0.2, 0.25) is 0 Å². The van der Waals surface area contributed by atoms with Crippen LogP contribution < -0.4 is 4.74 Å². The van der Waals surface area contributed by atoms with Crippen LogP contribution in [-0.4, -0.2) is 26.6 Å². The predicted molar refractivity (Wildman–Crippen MR) is 153 cm³/mol. The number of hydrogen-bond acceptors (Lipinski definition) is 8. The lowest BCUT2D eigenvalue weighted by Gasteiger charge is -2.10. The molecule has 0 bridgehead atoms. The molecular weight excluding hydrogens is 625 g/mol. The number of fused-ring (bicyclic) bond motifs is 2. The van der Waals surface area contributed by atoms with Gasteiger partial charge < -0.3 is 9.84 Å². The molecule has 0 aliphatic heterocycles. The Balaban J connectivity index is 0.000000162. The lowest BCUT2D eigenvalue weighted by molar-refractivity contribution is 0.0986. The second-order valence-electron chi connectivity index (χ2n) is 8.97. The summed E-state index contributed by atoms with van der Waals surface area (Å²) < 4.78 is 31.9. The zero-order chi connectivity index (χ0) is 31.3. The first-order valence-electron chi connectivity index (χ1n) is 12.4. The quantitative estimate of drug-likeness (QED) is 0.221. The molecule has 0 saturated heterocycles. The van der Waals surface area contributed by atoms with Crippen LogP contribution >= 0.6 is 34.8 Å². The maximum absolute atomic E-state index is 13.9. The van der Waals surface area contributed by atoms with Gasteiger partial charge in [-0.05, 0) is 31.0 Å². The molecule has 0 radical (unpaired) electrons. The van der Waals surface area contributed by atoms with Crippen LogP contribution in [0.5, 0.6) is 17.4 Å². The van der Waals surface area contributed by atoms with Gasteiger partial charge in [-0.1, -0.05) is 59.1 Å². The third kappa shape index (κ3) is 7.07. The number of phenolic OH excluding ortho intramolecular Hbond substituents is 1. The number of carbonyl (C=O) groups excluding carboxylic acids is 2. The molecule has 43 heavy (non-hydrogen) atoms. The van der Waals surface area contributed by atoms with Gasteiger partial charge in [0.15, 0.2) is 33.5 Å². The summed E-state index contributed by atoms with van der Waals surface area (Å²) in [5, 5.41) is 25.9. The highest BCUT2D eigenvalue weighted by Gasteiger charge is 2.24. The third-order valence-corrected chi connectivity index (χ3v) is 7.16. The van der Waals surface area contributed by atoms with Gasteiger partial charge in [0.05, 0.1) is 11.1 Å². The molecule has 0 amide bonds. The Bertz CT molecular complexity index is 1860. The van der Waals surface area contributed by atoms with Gasteiger partial charge in [-0.25, -0.2) is 13.8 Å². The van der Waals surface area contributed by atoms with Crippen molar-refractivity contribution < 1.29 is 28.2 Å². The molecule has 4 aromatic rings. The molecule has 8 nitrogen and oxygen atoms in total. The van der Waals surface area contributed by atoms with Crippen molar-refractivity contribution in [2.45, 2.75) is 25.7 Å². The van der Waals surface area contributed by atoms with Crippen LogP contribution in [0.3, 0.4) is 0 Å². The van der Waals surface area contributed by atoms with Gasteiger partial charge in [0.25, 0.3) is 5.88 Å². The number of ether oxygens (including phenoxy) is 1. The summed E-state index contributed by atoms with van der Waals surface area (Å²) in [4.78, 5) is 29.9. The maximum atomic E-state index is 13.9. The number of carbonyl (C=O) groups is 2. The molecule has 1 N–H and O–H groups in total. The van der Waals surface area contributed by atoms with Crippen molar-refractivity contribution in [1.82, 2.24) is 9.97 Å². The van der Waals surface area contributed by atoms with E-state index in [1.165, 1.54) is 0 Å². The molecule has 216 valence electrons. The molecule has 0 fully saturated rings. The monoisotopic (exact) mass is 640 g/mol. The molecular formula is C30H17Cl3F2N4O4. The highest BCUT2D eigenvalue weighted by Crippen LogP contribution is 2.34. The summed E-state index contributed by atoms with van der Waals surface area (Å²) in [6, 6.07) is 15.4. The van der Waals surface area contributed by atoms with Crippen LogP contribution in [-0.2, 0) is 12.8 Å². The number of phenols is 1. The molecule has 2 aromatic heterocycles. The van der Waals surface area contributed by atoms with E-state index in [0.717, 1.165) is 23.3 Å². The average molecular weight is 642 g/mol. The number of benzene rings is 2. The summed E-state index contributed by atoms with van der Waals surface area (Å²) in [5.74, 6) is -1.01. The van der Waals surface area contributed by atoms with Gasteiger partial charge in [-0.2, -0.15) is 15.5 Å². The topological polar surface area (TPSA) is 137 Å². The second-order valence-corrected chi connectivity index (χ2v) is 10.0. The lowest BCUT2D eigenvalue weighted by atomic mass is 10.1. The zero-order valence-corrected chi connectivity index (χ0v) is 24.1. The molecule has 2 aliphatic carbocycles. The van der Waals surface area contributed by atoms with Crippen LogP contribution in [0.2, 0.25) is 15.5 Å². The Kier molecular flexibility index (Phi) is 9.89. The van der Waals surface area contributed by atoms with Crippen LogP contribution in [0.4, 0.5) is 8.78 Å². The smallest absolute Gasteiger partial charge is 0.257 e. The van der Waals surface area contributed by atoms with Crippen LogP contribution in [0, 0.1) is 34.3 Å². The number of nitrogens with zero attached hydrogens (tertiary/aromatic N) is 4. The fourth-order valence-corrected chi connectivity index (χ4v) is 4.79. The number of aromatic hydroxyl groups is 1. The second kappa shape index (κ2) is 13.6. The SMILES string of the molecule is N#Cc1cc(F)c(Cl)nc1Cl.N#Cc1cc(F)c(Oc2cccc3c2CCC3=O)nc1Cl.O=C1CCc2c(O)cccc21. The number of hydrogen-bond donors (Lipinski definition) is 1. The van der Waals surface area contributed by atoms with E-state index >= 15 is 0 Å². The minimum atomic E-state index is -0.780.